The predicted octanol–water partition coefficient (Wildman–Crippen LogP) is 3.16. The lowest BCUT2D eigenvalue weighted by molar-refractivity contribution is 0.787. The summed E-state index contributed by atoms with van der Waals surface area (Å²) in [6, 6.07) is 6.45. The molecule has 0 unspecified atom stereocenters. The minimum Gasteiger partial charge on any atom is -0.397 e. The van der Waals surface area contributed by atoms with Crippen LogP contribution in [0.2, 0.25) is 0 Å². The zero-order valence-electron chi connectivity index (χ0n) is 7.83. The molecule has 2 nitrogen and oxygen atoms in total. The standard InChI is InChI=1S/C11H13BrN2/c12-8-5-6-11(10(13)7-8)14-9-3-1-2-4-9/h1-2,5-7,9,14H,3-4,13H2. The van der Waals surface area contributed by atoms with E-state index in [0.29, 0.717) is 6.04 Å². The summed E-state index contributed by atoms with van der Waals surface area (Å²) >= 11 is 3.39. The molecule has 2 rings (SSSR count). The van der Waals surface area contributed by atoms with Crippen LogP contribution < -0.4 is 11.1 Å². The monoisotopic (exact) mass is 252 g/mol. The van der Waals surface area contributed by atoms with Gasteiger partial charge in [-0.15, -0.1) is 0 Å². The van der Waals surface area contributed by atoms with Gasteiger partial charge in [-0.25, -0.2) is 0 Å². The van der Waals surface area contributed by atoms with E-state index in [2.05, 4.69) is 33.4 Å². The van der Waals surface area contributed by atoms with Crippen LogP contribution in [0.1, 0.15) is 12.8 Å². The van der Waals surface area contributed by atoms with Gasteiger partial charge in [0.15, 0.2) is 0 Å². The summed E-state index contributed by atoms with van der Waals surface area (Å²) in [4.78, 5) is 0. The number of nitrogens with one attached hydrogen (secondary N) is 1. The summed E-state index contributed by atoms with van der Waals surface area (Å²) in [5, 5.41) is 3.43. The average molecular weight is 253 g/mol. The molecule has 1 aliphatic carbocycles. The highest BCUT2D eigenvalue weighted by molar-refractivity contribution is 9.10. The van der Waals surface area contributed by atoms with E-state index in [9.17, 15) is 0 Å². The first-order chi connectivity index (χ1) is 6.75. The molecule has 0 saturated carbocycles. The molecule has 0 fully saturated rings. The fraction of sp³-hybridized carbons (Fsp3) is 0.273. The van der Waals surface area contributed by atoms with Crippen molar-refractivity contribution in [1.82, 2.24) is 0 Å². The molecule has 0 atom stereocenters. The zero-order chi connectivity index (χ0) is 9.97. The van der Waals surface area contributed by atoms with Gasteiger partial charge in [0.2, 0.25) is 0 Å². The molecule has 14 heavy (non-hydrogen) atoms. The van der Waals surface area contributed by atoms with Crippen LogP contribution in [0.3, 0.4) is 0 Å². The SMILES string of the molecule is Nc1cc(Br)ccc1NC1CC=CC1. The highest BCUT2D eigenvalue weighted by atomic mass is 79.9. The molecule has 0 saturated heterocycles. The van der Waals surface area contributed by atoms with E-state index >= 15 is 0 Å². The second kappa shape index (κ2) is 4.05. The summed E-state index contributed by atoms with van der Waals surface area (Å²) in [6.45, 7) is 0. The normalized spacial score (nSPS) is 16.1. The van der Waals surface area contributed by atoms with Crippen LogP contribution in [0.4, 0.5) is 11.4 Å². The molecule has 3 N–H and O–H groups in total. The Kier molecular flexibility index (Phi) is 2.77. The van der Waals surface area contributed by atoms with Crippen molar-refractivity contribution in [2.24, 2.45) is 0 Å². The topological polar surface area (TPSA) is 38.0 Å². The Morgan fingerprint density at radius 1 is 1.29 bits per heavy atom. The summed E-state index contributed by atoms with van der Waals surface area (Å²) in [7, 11) is 0. The van der Waals surface area contributed by atoms with E-state index < -0.39 is 0 Å². The molecule has 0 bridgehead atoms. The third-order valence-corrected chi connectivity index (χ3v) is 2.87. The van der Waals surface area contributed by atoms with E-state index in [0.717, 1.165) is 28.7 Å². The Balaban J connectivity index is 2.08. The van der Waals surface area contributed by atoms with Gasteiger partial charge in [0.1, 0.15) is 0 Å². The van der Waals surface area contributed by atoms with E-state index in [1.807, 2.05) is 18.2 Å². The maximum absolute atomic E-state index is 5.89. The van der Waals surface area contributed by atoms with E-state index in [1.165, 1.54) is 0 Å². The Labute approximate surface area is 92.3 Å². The molecule has 0 heterocycles. The quantitative estimate of drug-likeness (QED) is 0.627. The Morgan fingerprint density at radius 2 is 2.00 bits per heavy atom. The minimum absolute atomic E-state index is 0.512. The van der Waals surface area contributed by atoms with Crippen molar-refractivity contribution >= 4 is 27.3 Å². The maximum Gasteiger partial charge on any atom is 0.0577 e. The molecular formula is C11H13BrN2. The fourth-order valence-corrected chi connectivity index (χ4v) is 2.00. The van der Waals surface area contributed by atoms with Gasteiger partial charge >= 0.3 is 0 Å². The van der Waals surface area contributed by atoms with Gasteiger partial charge in [0.05, 0.1) is 11.4 Å². The third-order valence-electron chi connectivity index (χ3n) is 2.38. The lowest BCUT2D eigenvalue weighted by Crippen LogP contribution is -2.15. The molecule has 0 radical (unpaired) electrons. The summed E-state index contributed by atoms with van der Waals surface area (Å²) in [5.74, 6) is 0. The summed E-state index contributed by atoms with van der Waals surface area (Å²) < 4.78 is 1.02. The van der Waals surface area contributed by atoms with Gasteiger partial charge in [0.25, 0.3) is 0 Å². The molecule has 0 spiro atoms. The summed E-state index contributed by atoms with van der Waals surface area (Å²) in [6.07, 6.45) is 6.59. The number of hydrogen-bond donors (Lipinski definition) is 2. The molecule has 3 heteroatoms. The van der Waals surface area contributed by atoms with E-state index in [1.54, 1.807) is 0 Å². The van der Waals surface area contributed by atoms with Crippen LogP contribution >= 0.6 is 15.9 Å². The van der Waals surface area contributed by atoms with Gasteiger partial charge in [-0.2, -0.15) is 0 Å². The van der Waals surface area contributed by atoms with Gasteiger partial charge in [-0.3, -0.25) is 0 Å². The lowest BCUT2D eigenvalue weighted by Gasteiger charge is -2.15. The molecule has 1 aliphatic rings. The molecule has 1 aromatic carbocycles. The Bertz CT molecular complexity index is 352. The number of benzene rings is 1. The van der Waals surface area contributed by atoms with Crippen molar-refractivity contribution in [1.29, 1.82) is 0 Å². The van der Waals surface area contributed by atoms with Crippen LogP contribution in [0, 0.1) is 0 Å². The van der Waals surface area contributed by atoms with E-state index in [4.69, 9.17) is 5.73 Å². The average Bonchev–Trinajstić information content (AvgIpc) is 2.62. The summed E-state index contributed by atoms with van der Waals surface area (Å²) in [5.41, 5.74) is 7.71. The molecule has 74 valence electrons. The molecule has 0 amide bonds. The van der Waals surface area contributed by atoms with Crippen molar-refractivity contribution in [2.75, 3.05) is 11.1 Å². The Hall–Kier alpha value is -0.960. The fourth-order valence-electron chi connectivity index (χ4n) is 1.62. The predicted molar refractivity (Wildman–Crippen MR) is 64.3 cm³/mol. The first-order valence-corrected chi connectivity index (χ1v) is 5.51. The lowest BCUT2D eigenvalue weighted by atomic mass is 10.2. The van der Waals surface area contributed by atoms with Crippen LogP contribution in [-0.4, -0.2) is 6.04 Å². The van der Waals surface area contributed by atoms with Crippen molar-refractivity contribution in [3.05, 3.63) is 34.8 Å². The third kappa shape index (κ3) is 2.10. The van der Waals surface area contributed by atoms with Crippen molar-refractivity contribution in [3.63, 3.8) is 0 Å². The molecule has 0 aromatic heterocycles. The van der Waals surface area contributed by atoms with Crippen molar-refractivity contribution in [2.45, 2.75) is 18.9 Å². The number of nitrogen functional groups attached to an aromatic ring is 1. The Morgan fingerprint density at radius 3 is 2.64 bits per heavy atom. The number of anilines is 2. The maximum atomic E-state index is 5.89. The highest BCUT2D eigenvalue weighted by Gasteiger charge is 2.10. The molecule has 0 aliphatic heterocycles. The van der Waals surface area contributed by atoms with Gasteiger partial charge in [0, 0.05) is 10.5 Å². The van der Waals surface area contributed by atoms with Gasteiger partial charge < -0.3 is 11.1 Å². The second-order valence-electron chi connectivity index (χ2n) is 3.52. The highest BCUT2D eigenvalue weighted by Crippen LogP contribution is 2.25. The first-order valence-electron chi connectivity index (χ1n) is 4.72. The largest absolute Gasteiger partial charge is 0.397 e. The second-order valence-corrected chi connectivity index (χ2v) is 4.43. The van der Waals surface area contributed by atoms with Crippen LogP contribution in [-0.2, 0) is 0 Å². The van der Waals surface area contributed by atoms with Gasteiger partial charge in [-0.1, -0.05) is 28.1 Å². The first kappa shape index (κ1) is 9.59. The van der Waals surface area contributed by atoms with Crippen LogP contribution in [0.15, 0.2) is 34.8 Å². The molecule has 1 aromatic rings. The van der Waals surface area contributed by atoms with Crippen LogP contribution in [0.5, 0.6) is 0 Å². The van der Waals surface area contributed by atoms with Gasteiger partial charge in [-0.05, 0) is 31.0 Å². The van der Waals surface area contributed by atoms with Crippen LogP contribution in [0.25, 0.3) is 0 Å². The van der Waals surface area contributed by atoms with Crippen molar-refractivity contribution < 1.29 is 0 Å². The zero-order valence-corrected chi connectivity index (χ0v) is 9.42. The van der Waals surface area contributed by atoms with E-state index in [-0.39, 0.29) is 0 Å². The molecular weight excluding hydrogens is 240 g/mol. The van der Waals surface area contributed by atoms with Crippen molar-refractivity contribution in [3.8, 4) is 0 Å². The number of halogens is 1. The number of rotatable bonds is 2. The smallest absolute Gasteiger partial charge is 0.0577 e. The number of hydrogen-bond acceptors (Lipinski definition) is 2. The minimum atomic E-state index is 0.512. The number of nitrogens with two attached hydrogens (primary N) is 1.